The van der Waals surface area contributed by atoms with Crippen molar-refractivity contribution in [2.75, 3.05) is 19.0 Å². The number of hydrogen-bond donors (Lipinski definition) is 1. The van der Waals surface area contributed by atoms with Gasteiger partial charge in [0.15, 0.2) is 11.5 Å². The number of anilines is 1. The number of carbonyl (C=O) groups is 1. The Morgan fingerprint density at radius 2 is 2.12 bits per heavy atom. The summed E-state index contributed by atoms with van der Waals surface area (Å²) in [7, 11) is 1.54. The van der Waals surface area contributed by atoms with Crippen LogP contribution >= 0.6 is 11.3 Å². The maximum absolute atomic E-state index is 12.6. The summed E-state index contributed by atoms with van der Waals surface area (Å²) in [5.74, 6) is 0.864. The predicted molar refractivity (Wildman–Crippen MR) is 97.8 cm³/mol. The van der Waals surface area contributed by atoms with Gasteiger partial charge in [-0.3, -0.25) is 4.79 Å². The number of rotatable bonds is 5. The second-order valence-corrected chi connectivity index (χ2v) is 6.88. The van der Waals surface area contributed by atoms with Crippen molar-refractivity contribution < 1.29 is 14.3 Å². The van der Waals surface area contributed by atoms with Gasteiger partial charge in [-0.05, 0) is 56.4 Å². The van der Waals surface area contributed by atoms with Crippen LogP contribution in [0, 0.1) is 11.3 Å². The second kappa shape index (κ2) is 7.58. The van der Waals surface area contributed by atoms with Crippen molar-refractivity contribution in [3.63, 3.8) is 0 Å². The molecule has 0 fully saturated rings. The highest BCUT2D eigenvalue weighted by Crippen LogP contribution is 2.38. The van der Waals surface area contributed by atoms with Gasteiger partial charge in [-0.2, -0.15) is 5.26 Å². The molecule has 2 aromatic rings. The molecule has 1 aromatic carbocycles. The highest BCUT2D eigenvalue weighted by Gasteiger charge is 2.22. The zero-order chi connectivity index (χ0) is 17.8. The van der Waals surface area contributed by atoms with Gasteiger partial charge in [0.05, 0.1) is 19.3 Å². The zero-order valence-electron chi connectivity index (χ0n) is 14.3. The third-order valence-corrected chi connectivity index (χ3v) is 5.44. The van der Waals surface area contributed by atoms with E-state index in [1.54, 1.807) is 25.3 Å². The lowest BCUT2D eigenvalue weighted by Gasteiger charge is -2.11. The van der Waals surface area contributed by atoms with Crippen LogP contribution in [-0.2, 0) is 12.8 Å². The summed E-state index contributed by atoms with van der Waals surface area (Å²) >= 11 is 1.52. The summed E-state index contributed by atoms with van der Waals surface area (Å²) in [4.78, 5) is 13.8. The molecule has 1 heterocycles. The number of nitrogens with zero attached hydrogens (tertiary/aromatic N) is 1. The Bertz CT molecular complexity index is 836. The van der Waals surface area contributed by atoms with E-state index >= 15 is 0 Å². The minimum absolute atomic E-state index is 0.253. The number of benzene rings is 1. The molecule has 0 radical (unpaired) electrons. The molecule has 0 spiro atoms. The van der Waals surface area contributed by atoms with Crippen LogP contribution in [-0.4, -0.2) is 19.6 Å². The molecule has 1 aliphatic rings. The van der Waals surface area contributed by atoms with Crippen LogP contribution in [0.5, 0.6) is 11.5 Å². The molecule has 25 heavy (non-hydrogen) atoms. The van der Waals surface area contributed by atoms with Gasteiger partial charge < -0.3 is 14.8 Å². The first-order chi connectivity index (χ1) is 12.2. The molecule has 3 rings (SSSR count). The molecule has 130 valence electrons. The van der Waals surface area contributed by atoms with Gasteiger partial charge in [-0.25, -0.2) is 0 Å². The molecule has 0 saturated carbocycles. The van der Waals surface area contributed by atoms with E-state index in [-0.39, 0.29) is 5.91 Å². The largest absolute Gasteiger partial charge is 0.493 e. The first-order valence-electron chi connectivity index (χ1n) is 8.34. The van der Waals surface area contributed by atoms with Crippen LogP contribution in [0.2, 0.25) is 0 Å². The summed E-state index contributed by atoms with van der Waals surface area (Å²) in [6.45, 7) is 2.41. The van der Waals surface area contributed by atoms with Gasteiger partial charge in [-0.1, -0.05) is 0 Å². The lowest BCUT2D eigenvalue weighted by Crippen LogP contribution is -2.12. The van der Waals surface area contributed by atoms with Gasteiger partial charge in [0.2, 0.25) is 0 Å². The molecular weight excluding hydrogens is 336 g/mol. The van der Waals surface area contributed by atoms with Crippen molar-refractivity contribution in [3.8, 4) is 17.6 Å². The van der Waals surface area contributed by atoms with E-state index in [0.29, 0.717) is 34.2 Å². The Morgan fingerprint density at radius 1 is 1.32 bits per heavy atom. The minimum atomic E-state index is -0.253. The van der Waals surface area contributed by atoms with Crippen molar-refractivity contribution in [3.05, 3.63) is 39.8 Å². The first-order valence-corrected chi connectivity index (χ1v) is 9.16. The predicted octanol–water partition coefficient (Wildman–Crippen LogP) is 4.16. The van der Waals surface area contributed by atoms with E-state index < -0.39 is 0 Å². The SMILES string of the molecule is CCOc1ccc(C(=O)Nc2sc3c(c2C#N)CCCC3)cc1OC. The fraction of sp³-hybridized carbons (Fsp3) is 0.368. The molecule has 1 aliphatic carbocycles. The molecule has 0 saturated heterocycles. The third-order valence-electron chi connectivity index (χ3n) is 4.24. The Hall–Kier alpha value is -2.52. The number of aryl methyl sites for hydroxylation is 1. The van der Waals surface area contributed by atoms with Crippen molar-refractivity contribution in [1.29, 1.82) is 5.26 Å². The quantitative estimate of drug-likeness (QED) is 0.873. The summed E-state index contributed by atoms with van der Waals surface area (Å²) in [6, 6.07) is 7.33. The lowest BCUT2D eigenvalue weighted by atomic mass is 9.96. The van der Waals surface area contributed by atoms with E-state index in [1.807, 2.05) is 6.92 Å². The van der Waals surface area contributed by atoms with Gasteiger partial charge in [0.25, 0.3) is 5.91 Å². The highest BCUT2D eigenvalue weighted by molar-refractivity contribution is 7.16. The fourth-order valence-corrected chi connectivity index (χ4v) is 4.27. The van der Waals surface area contributed by atoms with Crippen LogP contribution in [0.15, 0.2) is 18.2 Å². The molecule has 0 bridgehead atoms. The Labute approximate surface area is 151 Å². The van der Waals surface area contributed by atoms with Crippen LogP contribution in [0.4, 0.5) is 5.00 Å². The topological polar surface area (TPSA) is 71.3 Å². The lowest BCUT2D eigenvalue weighted by molar-refractivity contribution is 0.102. The molecule has 5 nitrogen and oxygen atoms in total. The maximum atomic E-state index is 12.6. The number of fused-ring (bicyclic) bond motifs is 1. The van der Waals surface area contributed by atoms with Gasteiger partial charge in [-0.15, -0.1) is 11.3 Å². The van der Waals surface area contributed by atoms with Crippen molar-refractivity contribution in [2.45, 2.75) is 32.6 Å². The first kappa shape index (κ1) is 17.3. The molecule has 6 heteroatoms. The second-order valence-electron chi connectivity index (χ2n) is 5.78. The van der Waals surface area contributed by atoms with Crippen molar-refractivity contribution >= 4 is 22.2 Å². The van der Waals surface area contributed by atoms with E-state index in [9.17, 15) is 10.1 Å². The number of carbonyl (C=O) groups excluding carboxylic acids is 1. The van der Waals surface area contributed by atoms with Gasteiger partial charge >= 0.3 is 0 Å². The average molecular weight is 356 g/mol. The molecule has 0 aliphatic heterocycles. The maximum Gasteiger partial charge on any atom is 0.256 e. The van der Waals surface area contributed by atoms with E-state index in [0.717, 1.165) is 31.2 Å². The van der Waals surface area contributed by atoms with Crippen LogP contribution < -0.4 is 14.8 Å². The molecule has 0 unspecified atom stereocenters. The van der Waals surface area contributed by atoms with Gasteiger partial charge in [0, 0.05) is 10.4 Å². The van der Waals surface area contributed by atoms with E-state index in [1.165, 1.54) is 16.2 Å². The summed E-state index contributed by atoms with van der Waals surface area (Å²) < 4.78 is 10.8. The average Bonchev–Trinajstić information content (AvgIpc) is 2.99. The standard InChI is InChI=1S/C19H20N2O3S/c1-3-24-15-9-8-12(10-16(15)23-2)18(22)21-19-14(11-20)13-6-4-5-7-17(13)25-19/h8-10H,3-7H2,1-2H3,(H,21,22). The van der Waals surface area contributed by atoms with E-state index in [2.05, 4.69) is 11.4 Å². The fourth-order valence-electron chi connectivity index (χ4n) is 3.03. The van der Waals surface area contributed by atoms with Crippen LogP contribution in [0.3, 0.4) is 0 Å². The number of nitriles is 1. The summed E-state index contributed by atoms with van der Waals surface area (Å²) in [5.41, 5.74) is 2.19. The molecule has 1 aromatic heterocycles. The number of hydrogen-bond acceptors (Lipinski definition) is 5. The van der Waals surface area contributed by atoms with Gasteiger partial charge in [0.1, 0.15) is 11.1 Å². The van der Waals surface area contributed by atoms with Crippen LogP contribution in [0.25, 0.3) is 0 Å². The highest BCUT2D eigenvalue weighted by atomic mass is 32.1. The number of methoxy groups -OCH3 is 1. The molecule has 0 atom stereocenters. The number of thiophene rings is 1. The van der Waals surface area contributed by atoms with Crippen molar-refractivity contribution in [1.82, 2.24) is 0 Å². The monoisotopic (exact) mass is 356 g/mol. The smallest absolute Gasteiger partial charge is 0.256 e. The van der Waals surface area contributed by atoms with Crippen LogP contribution in [0.1, 0.15) is 46.1 Å². The zero-order valence-corrected chi connectivity index (χ0v) is 15.2. The molecule has 1 amide bonds. The number of nitrogens with one attached hydrogen (secondary N) is 1. The Balaban J connectivity index is 1.86. The molecule has 1 N–H and O–H groups in total. The Morgan fingerprint density at radius 3 is 2.84 bits per heavy atom. The third kappa shape index (κ3) is 3.47. The Kier molecular flexibility index (Phi) is 5.25. The van der Waals surface area contributed by atoms with Crippen molar-refractivity contribution in [2.24, 2.45) is 0 Å². The van der Waals surface area contributed by atoms with E-state index in [4.69, 9.17) is 9.47 Å². The number of ether oxygens (including phenoxy) is 2. The normalized spacial score (nSPS) is 12.8. The summed E-state index contributed by atoms with van der Waals surface area (Å²) in [5, 5.41) is 13.0. The minimum Gasteiger partial charge on any atom is -0.493 e. The summed E-state index contributed by atoms with van der Waals surface area (Å²) in [6.07, 6.45) is 4.15. The number of amides is 1. The molecular formula is C19H20N2O3S.